The highest BCUT2D eigenvalue weighted by Crippen LogP contribution is 2.40. The smallest absolute Gasteiger partial charge is 0.341 e. The van der Waals surface area contributed by atoms with Gasteiger partial charge in [0.1, 0.15) is 12.2 Å². The van der Waals surface area contributed by atoms with Crippen molar-refractivity contribution in [3.8, 4) is 0 Å². The molecule has 142 valence electrons. The first kappa shape index (κ1) is 19.1. The third kappa shape index (κ3) is 3.72. The Labute approximate surface area is 159 Å². The number of hydrogen-bond acceptors (Lipinski definition) is 6. The Morgan fingerprint density at radius 3 is 2.30 bits per heavy atom. The van der Waals surface area contributed by atoms with Crippen LogP contribution in [-0.2, 0) is 31.3 Å². The van der Waals surface area contributed by atoms with Gasteiger partial charge in [-0.1, -0.05) is 48.5 Å². The van der Waals surface area contributed by atoms with Crippen LogP contribution in [0.15, 0.2) is 54.6 Å². The molecule has 3 rings (SSSR count). The number of ether oxygens (including phenoxy) is 1. The lowest BCUT2D eigenvalue weighted by Crippen LogP contribution is -2.57. The summed E-state index contributed by atoms with van der Waals surface area (Å²) >= 11 is 0. The van der Waals surface area contributed by atoms with Crippen LogP contribution in [0.1, 0.15) is 38.8 Å². The van der Waals surface area contributed by atoms with Crippen molar-refractivity contribution in [2.24, 2.45) is 0 Å². The van der Waals surface area contributed by atoms with Crippen LogP contribution in [0.2, 0.25) is 0 Å². The Kier molecular flexibility index (Phi) is 5.04. The van der Waals surface area contributed by atoms with Crippen LogP contribution in [0.4, 0.5) is 5.69 Å². The largest absolute Gasteiger partial charge is 0.458 e. The van der Waals surface area contributed by atoms with Gasteiger partial charge in [0.05, 0.1) is 5.69 Å². The Hall–Kier alpha value is -2.70. The van der Waals surface area contributed by atoms with Gasteiger partial charge in [-0.05, 0) is 39.3 Å². The first-order chi connectivity index (χ1) is 12.7. The van der Waals surface area contributed by atoms with Crippen LogP contribution >= 0.6 is 0 Å². The minimum Gasteiger partial charge on any atom is -0.458 e. The predicted molar refractivity (Wildman–Crippen MR) is 101 cm³/mol. The van der Waals surface area contributed by atoms with E-state index in [0.29, 0.717) is 11.3 Å². The zero-order valence-electron chi connectivity index (χ0n) is 16.0. The number of benzene rings is 2. The van der Waals surface area contributed by atoms with Gasteiger partial charge in [-0.2, -0.15) is 10.6 Å². The van der Waals surface area contributed by atoms with Crippen molar-refractivity contribution in [2.45, 2.75) is 45.4 Å². The normalized spacial score (nSPS) is 18.9. The van der Waals surface area contributed by atoms with E-state index in [1.165, 1.54) is 12.1 Å². The third-order valence-electron chi connectivity index (χ3n) is 4.23. The maximum atomic E-state index is 13.0. The van der Waals surface area contributed by atoms with E-state index in [1.807, 2.05) is 36.4 Å². The maximum absolute atomic E-state index is 13.0. The minimum atomic E-state index is -1.64. The predicted octanol–water partition coefficient (Wildman–Crippen LogP) is 3.27. The molecule has 1 atom stereocenters. The van der Waals surface area contributed by atoms with Gasteiger partial charge in [0.25, 0.3) is 0 Å². The number of para-hydroxylation sites is 1. The lowest BCUT2D eigenvalue weighted by Gasteiger charge is -2.30. The number of hydrogen-bond donors (Lipinski definition) is 1. The second kappa shape index (κ2) is 7.13. The number of rotatable bonds is 5. The monoisotopic (exact) mass is 368 g/mol. The molecule has 1 heterocycles. The van der Waals surface area contributed by atoms with E-state index in [9.17, 15) is 9.59 Å². The van der Waals surface area contributed by atoms with E-state index in [0.717, 1.165) is 5.56 Å². The maximum Gasteiger partial charge on any atom is 0.341 e. The number of ketones is 1. The Morgan fingerprint density at radius 2 is 1.67 bits per heavy atom. The molecule has 0 fully saturated rings. The molecule has 0 aliphatic carbocycles. The zero-order chi connectivity index (χ0) is 19.7. The standard InChI is InChI=1S/C21H24N2O4/c1-15(24)21(19(25)27-20(2,3)4)17-12-8-9-13-18(17)23(22-21)26-14-16-10-6-5-7-11-16/h5-13,22H,14H2,1-4H3. The number of hydrazine groups is 1. The van der Waals surface area contributed by atoms with Gasteiger partial charge in [0.15, 0.2) is 5.78 Å². The second-order valence-corrected chi connectivity index (χ2v) is 7.49. The molecule has 1 unspecified atom stereocenters. The van der Waals surface area contributed by atoms with Crippen LogP contribution in [0.3, 0.4) is 0 Å². The van der Waals surface area contributed by atoms with Crippen molar-refractivity contribution in [3.63, 3.8) is 0 Å². The highest BCUT2D eigenvalue weighted by Gasteiger charge is 2.55. The fraction of sp³-hybridized carbons (Fsp3) is 0.333. The lowest BCUT2D eigenvalue weighted by atomic mass is 9.87. The van der Waals surface area contributed by atoms with E-state index >= 15 is 0 Å². The van der Waals surface area contributed by atoms with Crippen LogP contribution in [-0.4, -0.2) is 17.4 Å². The fourth-order valence-corrected chi connectivity index (χ4v) is 2.98. The number of fused-ring (bicyclic) bond motifs is 1. The summed E-state index contributed by atoms with van der Waals surface area (Å²) in [6, 6.07) is 16.8. The SMILES string of the molecule is CC(=O)C1(C(=O)OC(C)(C)C)NN(OCc2ccccc2)c2ccccc21. The molecule has 2 aromatic carbocycles. The van der Waals surface area contributed by atoms with Crippen molar-refractivity contribution < 1.29 is 19.2 Å². The Bertz CT molecular complexity index is 845. The summed E-state index contributed by atoms with van der Waals surface area (Å²) in [7, 11) is 0. The molecule has 0 saturated heterocycles. The quantitative estimate of drug-likeness (QED) is 0.645. The van der Waals surface area contributed by atoms with Crippen molar-refractivity contribution in [1.82, 2.24) is 5.43 Å². The molecule has 0 radical (unpaired) electrons. The first-order valence-corrected chi connectivity index (χ1v) is 8.83. The molecule has 6 heteroatoms. The van der Waals surface area contributed by atoms with Gasteiger partial charge in [0.2, 0.25) is 5.54 Å². The lowest BCUT2D eigenvalue weighted by molar-refractivity contribution is -0.166. The van der Waals surface area contributed by atoms with E-state index < -0.39 is 17.1 Å². The molecule has 1 N–H and O–H groups in total. The molecule has 0 spiro atoms. The van der Waals surface area contributed by atoms with Crippen LogP contribution in [0.5, 0.6) is 0 Å². The first-order valence-electron chi connectivity index (χ1n) is 8.83. The van der Waals surface area contributed by atoms with Gasteiger partial charge < -0.3 is 4.74 Å². The van der Waals surface area contributed by atoms with Crippen LogP contribution in [0, 0.1) is 0 Å². The molecule has 0 saturated carbocycles. The van der Waals surface area contributed by atoms with Crippen LogP contribution in [0.25, 0.3) is 0 Å². The molecule has 0 aromatic heterocycles. The van der Waals surface area contributed by atoms with Crippen molar-refractivity contribution >= 4 is 17.4 Å². The van der Waals surface area contributed by atoms with Crippen molar-refractivity contribution in [1.29, 1.82) is 0 Å². The van der Waals surface area contributed by atoms with Gasteiger partial charge in [-0.25, -0.2) is 4.79 Å². The number of carbonyl (C=O) groups excluding carboxylic acids is 2. The Balaban J connectivity index is 1.94. The molecule has 1 aliphatic heterocycles. The number of nitrogens with zero attached hydrogens (tertiary/aromatic N) is 1. The summed E-state index contributed by atoms with van der Waals surface area (Å²) in [6.07, 6.45) is 0. The summed E-state index contributed by atoms with van der Waals surface area (Å²) in [6.45, 7) is 6.95. The number of Topliss-reactive ketones (excluding diaryl/α,β-unsaturated/α-hetero) is 1. The van der Waals surface area contributed by atoms with Gasteiger partial charge in [-0.15, -0.1) is 0 Å². The second-order valence-electron chi connectivity index (χ2n) is 7.49. The van der Waals surface area contributed by atoms with E-state index in [2.05, 4.69) is 5.43 Å². The number of carbonyl (C=O) groups is 2. The van der Waals surface area contributed by atoms with E-state index in [4.69, 9.17) is 9.57 Å². The van der Waals surface area contributed by atoms with Crippen molar-refractivity contribution in [2.75, 3.05) is 5.17 Å². The third-order valence-corrected chi connectivity index (χ3v) is 4.23. The molecular weight excluding hydrogens is 344 g/mol. The topological polar surface area (TPSA) is 67.9 Å². The van der Waals surface area contributed by atoms with Crippen LogP contribution < -0.4 is 10.6 Å². The molecular formula is C21H24N2O4. The van der Waals surface area contributed by atoms with Gasteiger partial charge in [-0.3, -0.25) is 9.63 Å². The molecule has 0 bridgehead atoms. The summed E-state index contributed by atoms with van der Waals surface area (Å²) in [5.41, 5.74) is 2.67. The highest BCUT2D eigenvalue weighted by molar-refractivity contribution is 6.10. The van der Waals surface area contributed by atoms with Gasteiger partial charge >= 0.3 is 5.97 Å². The number of anilines is 1. The fourth-order valence-electron chi connectivity index (χ4n) is 2.98. The van der Waals surface area contributed by atoms with E-state index in [1.54, 1.807) is 39.0 Å². The molecule has 27 heavy (non-hydrogen) atoms. The number of esters is 1. The van der Waals surface area contributed by atoms with Gasteiger partial charge in [0, 0.05) is 5.56 Å². The molecule has 1 aliphatic rings. The highest BCUT2D eigenvalue weighted by atomic mass is 16.7. The number of nitrogens with one attached hydrogen (secondary N) is 1. The molecule has 2 aromatic rings. The summed E-state index contributed by atoms with van der Waals surface area (Å²) < 4.78 is 5.55. The van der Waals surface area contributed by atoms with E-state index in [-0.39, 0.29) is 12.4 Å². The summed E-state index contributed by atoms with van der Waals surface area (Å²) in [4.78, 5) is 31.5. The molecule has 6 nitrogen and oxygen atoms in total. The average Bonchev–Trinajstić information content (AvgIpc) is 2.95. The Morgan fingerprint density at radius 1 is 1.04 bits per heavy atom. The summed E-state index contributed by atoms with van der Waals surface area (Å²) in [5, 5.41) is 1.38. The zero-order valence-corrected chi connectivity index (χ0v) is 16.0. The average molecular weight is 368 g/mol. The summed E-state index contributed by atoms with van der Waals surface area (Å²) in [5.74, 6) is -1.02. The molecule has 0 amide bonds. The van der Waals surface area contributed by atoms with Crippen molar-refractivity contribution in [3.05, 3.63) is 65.7 Å². The minimum absolute atomic E-state index is 0.282.